The van der Waals surface area contributed by atoms with Gasteiger partial charge in [-0.25, -0.2) is 0 Å². The van der Waals surface area contributed by atoms with Crippen LogP contribution < -0.4 is 0 Å². The Kier molecular flexibility index (Phi) is 6.95. The van der Waals surface area contributed by atoms with Gasteiger partial charge >= 0.3 is 17.9 Å². The lowest BCUT2D eigenvalue weighted by Gasteiger charge is -2.32. The third kappa shape index (κ3) is 5.43. The maximum absolute atomic E-state index is 11.4. The first kappa shape index (κ1) is 18.6. The molecule has 0 amide bonds. The van der Waals surface area contributed by atoms with Gasteiger partial charge in [0, 0.05) is 22.1 Å². The van der Waals surface area contributed by atoms with Crippen molar-refractivity contribution >= 4 is 17.9 Å². The summed E-state index contributed by atoms with van der Waals surface area (Å²) in [4.78, 5) is 33.7. The van der Waals surface area contributed by atoms with E-state index < -0.39 is 42.2 Å². The molecular weight excluding hydrogens is 324 g/mol. The smallest absolute Gasteiger partial charge is 0.305 e. The lowest BCUT2D eigenvalue weighted by Crippen LogP contribution is -2.54. The van der Waals surface area contributed by atoms with E-state index in [1.54, 1.807) is 0 Å². The molecule has 1 fully saturated rings. The summed E-state index contributed by atoms with van der Waals surface area (Å²) in [6.07, 6.45) is -3.09. The fourth-order valence-electron chi connectivity index (χ4n) is 2.15. The molecule has 0 aromatic carbocycles. The Labute approximate surface area is 141 Å². The first-order chi connectivity index (χ1) is 11.7. The second kappa shape index (κ2) is 8.95. The Hall–Kier alpha value is -1.71. The normalized spacial score (nSPS) is 29.7. The zero-order chi connectivity index (χ0) is 19.0. The molecular formula is C15H24O9. The van der Waals surface area contributed by atoms with Gasteiger partial charge in [-0.1, -0.05) is 13.3 Å². The number of rotatable bonds is 8. The van der Waals surface area contributed by atoms with Crippen LogP contribution in [0.5, 0.6) is 0 Å². The lowest BCUT2D eigenvalue weighted by molar-refractivity contribution is -0.272. The average Bonchev–Trinajstić information content (AvgIpc) is 2.74. The van der Waals surface area contributed by atoms with Gasteiger partial charge in [0.25, 0.3) is 0 Å². The minimum Gasteiger partial charge on any atom is -0.463 e. The Bertz CT molecular complexity index is 484. The van der Waals surface area contributed by atoms with E-state index >= 15 is 0 Å². The minimum atomic E-state index is -2.18. The van der Waals surface area contributed by atoms with Crippen LogP contribution in [-0.4, -0.2) is 60.5 Å². The predicted octanol–water partition coefficient (Wildman–Crippen LogP) is 0.274. The molecule has 0 aliphatic carbocycles. The van der Waals surface area contributed by atoms with Gasteiger partial charge in [0.1, 0.15) is 6.61 Å². The molecule has 9 nitrogen and oxygen atoms in total. The van der Waals surface area contributed by atoms with Crippen molar-refractivity contribution in [1.29, 1.82) is 0 Å². The SMILES string of the molecule is [2H]CCCCO[C@]1(O)[C@@H](COC(C)=O)OC(OC(C)=O)[C@@H]1OC(C)=O. The number of hydrogen-bond acceptors (Lipinski definition) is 9. The van der Waals surface area contributed by atoms with Crippen LogP contribution in [0.15, 0.2) is 0 Å². The molecule has 1 saturated heterocycles. The van der Waals surface area contributed by atoms with E-state index in [4.69, 9.17) is 25.1 Å². The summed E-state index contributed by atoms with van der Waals surface area (Å²) in [5.41, 5.74) is 0. The molecule has 0 radical (unpaired) electrons. The van der Waals surface area contributed by atoms with Crippen molar-refractivity contribution in [2.45, 2.75) is 64.8 Å². The Morgan fingerprint density at radius 3 is 2.38 bits per heavy atom. The van der Waals surface area contributed by atoms with Crippen molar-refractivity contribution in [3.63, 3.8) is 0 Å². The van der Waals surface area contributed by atoms with Gasteiger partial charge in [-0.05, 0) is 6.42 Å². The Morgan fingerprint density at radius 2 is 1.83 bits per heavy atom. The molecule has 1 N–H and O–H groups in total. The van der Waals surface area contributed by atoms with Crippen LogP contribution in [0.3, 0.4) is 0 Å². The van der Waals surface area contributed by atoms with Gasteiger partial charge in [0.2, 0.25) is 18.2 Å². The van der Waals surface area contributed by atoms with Crippen molar-refractivity contribution in [3.8, 4) is 0 Å². The Balaban J connectivity index is 2.99. The number of unbranched alkanes of at least 4 members (excludes halogenated alkanes) is 1. The van der Waals surface area contributed by atoms with E-state index in [9.17, 15) is 19.5 Å². The van der Waals surface area contributed by atoms with Gasteiger partial charge in [-0.2, -0.15) is 0 Å². The second-order valence-corrected chi connectivity index (χ2v) is 5.24. The third-order valence-corrected chi connectivity index (χ3v) is 3.16. The molecule has 0 aromatic heterocycles. The van der Waals surface area contributed by atoms with Crippen LogP contribution in [0.2, 0.25) is 0 Å². The molecule has 0 saturated carbocycles. The summed E-state index contributed by atoms with van der Waals surface area (Å²) in [5.74, 6) is -4.25. The van der Waals surface area contributed by atoms with Crippen LogP contribution in [0.1, 0.15) is 41.9 Å². The molecule has 24 heavy (non-hydrogen) atoms. The van der Waals surface area contributed by atoms with Crippen molar-refractivity contribution in [2.75, 3.05) is 13.2 Å². The second-order valence-electron chi connectivity index (χ2n) is 5.24. The third-order valence-electron chi connectivity index (χ3n) is 3.16. The zero-order valence-electron chi connectivity index (χ0n) is 15.0. The number of carbonyl (C=O) groups excluding carboxylic acids is 3. The summed E-state index contributed by atoms with van der Waals surface area (Å²) in [6, 6.07) is 0. The average molecular weight is 349 g/mol. The first-order valence-corrected chi connectivity index (χ1v) is 7.49. The number of esters is 3. The monoisotopic (exact) mass is 349 g/mol. The van der Waals surface area contributed by atoms with Crippen LogP contribution in [-0.2, 0) is 38.1 Å². The highest BCUT2D eigenvalue weighted by Gasteiger charge is 2.61. The highest BCUT2D eigenvalue weighted by molar-refractivity contribution is 5.67. The number of aliphatic hydroxyl groups is 1. The summed E-state index contributed by atoms with van der Waals surface area (Å²) < 4.78 is 32.8. The molecule has 1 aliphatic rings. The standard InChI is InChI=1S/C15H24O9/c1-5-6-7-21-15(19)12(8-20-9(2)16)24-14(23-11(4)18)13(15)22-10(3)17/h12-14,19H,5-8H2,1-4H3/t12-,13+,14?,15-/m1/s1/i1D. The molecule has 4 atom stereocenters. The van der Waals surface area contributed by atoms with Crippen LogP contribution in [0.25, 0.3) is 0 Å². The fraction of sp³-hybridized carbons (Fsp3) is 0.800. The highest BCUT2D eigenvalue weighted by atomic mass is 16.8. The molecule has 1 unspecified atom stereocenters. The van der Waals surface area contributed by atoms with Crippen LogP contribution in [0.4, 0.5) is 0 Å². The lowest BCUT2D eigenvalue weighted by atomic mass is 10.1. The summed E-state index contributed by atoms with van der Waals surface area (Å²) >= 11 is 0. The maximum atomic E-state index is 11.4. The van der Waals surface area contributed by atoms with Crippen molar-refractivity contribution < 1.29 is 44.5 Å². The largest absolute Gasteiger partial charge is 0.463 e. The van der Waals surface area contributed by atoms with Crippen LogP contribution in [0, 0.1) is 0 Å². The van der Waals surface area contributed by atoms with Crippen molar-refractivity contribution in [3.05, 3.63) is 0 Å². The molecule has 1 aliphatic heterocycles. The van der Waals surface area contributed by atoms with Crippen LogP contribution >= 0.6 is 0 Å². The van der Waals surface area contributed by atoms with Gasteiger partial charge in [0.05, 0.1) is 6.61 Å². The van der Waals surface area contributed by atoms with Gasteiger partial charge in [-0.3, -0.25) is 14.4 Å². The number of carbonyl (C=O) groups is 3. The highest BCUT2D eigenvalue weighted by Crippen LogP contribution is 2.36. The van der Waals surface area contributed by atoms with Gasteiger partial charge in [-0.15, -0.1) is 0 Å². The first-order valence-electron chi connectivity index (χ1n) is 8.20. The summed E-state index contributed by atoms with van der Waals surface area (Å²) in [5, 5.41) is 10.9. The molecule has 1 heterocycles. The van der Waals surface area contributed by atoms with E-state index in [0.717, 1.165) is 13.8 Å². The molecule has 9 heteroatoms. The number of hydrogen-bond donors (Lipinski definition) is 1. The van der Waals surface area contributed by atoms with E-state index in [1.807, 2.05) is 0 Å². The van der Waals surface area contributed by atoms with E-state index in [-0.39, 0.29) is 20.1 Å². The summed E-state index contributed by atoms with van der Waals surface area (Å²) in [6.45, 7) is 3.26. The van der Waals surface area contributed by atoms with Crippen molar-refractivity contribution in [1.82, 2.24) is 0 Å². The predicted molar refractivity (Wildman–Crippen MR) is 78.4 cm³/mol. The molecule has 0 spiro atoms. The van der Waals surface area contributed by atoms with Gasteiger partial charge in [0.15, 0.2) is 6.10 Å². The van der Waals surface area contributed by atoms with E-state index in [2.05, 4.69) is 0 Å². The molecule has 138 valence electrons. The molecule has 0 aromatic rings. The fourth-order valence-corrected chi connectivity index (χ4v) is 2.15. The topological polar surface area (TPSA) is 118 Å². The van der Waals surface area contributed by atoms with E-state index in [1.165, 1.54) is 6.92 Å². The molecule has 1 rings (SSSR count). The summed E-state index contributed by atoms with van der Waals surface area (Å²) in [7, 11) is 0. The zero-order valence-corrected chi connectivity index (χ0v) is 14.0. The quantitative estimate of drug-likeness (QED) is 0.285. The van der Waals surface area contributed by atoms with Gasteiger partial charge < -0.3 is 28.8 Å². The molecule has 0 bridgehead atoms. The van der Waals surface area contributed by atoms with E-state index in [0.29, 0.717) is 12.8 Å². The maximum Gasteiger partial charge on any atom is 0.305 e. The van der Waals surface area contributed by atoms with Crippen molar-refractivity contribution in [2.24, 2.45) is 0 Å². The Morgan fingerprint density at radius 1 is 1.17 bits per heavy atom. The minimum absolute atomic E-state index is 0.0415. The number of ether oxygens (including phenoxy) is 5.